The highest BCUT2D eigenvalue weighted by Crippen LogP contribution is 2.61. The van der Waals surface area contributed by atoms with Crippen molar-refractivity contribution in [3.05, 3.63) is 140 Å². The van der Waals surface area contributed by atoms with E-state index in [2.05, 4.69) is 0 Å². The van der Waals surface area contributed by atoms with E-state index in [0.717, 1.165) is 44.4 Å². The van der Waals surface area contributed by atoms with Gasteiger partial charge in [0.05, 0.1) is 21.9 Å². The molecule has 0 N–H and O–H groups in total. The van der Waals surface area contributed by atoms with E-state index in [1.807, 2.05) is 48.5 Å². The van der Waals surface area contributed by atoms with Crippen LogP contribution < -0.4 is 0 Å². The second kappa shape index (κ2) is 11.4. The lowest BCUT2D eigenvalue weighted by Gasteiger charge is -2.45. The SMILES string of the molecule is O=C(c1ccc(F)cc1)[C@H](CCCl)N(C(=O)c1ccc(Cl)c(Cl)c1)N1C(=O)[C@H]2C3c4ccccc4C(c4ccccc43)[C@@H]2C1=O. The summed E-state index contributed by atoms with van der Waals surface area (Å²) in [5.41, 5.74) is 3.97. The molecule has 1 saturated heterocycles. The summed E-state index contributed by atoms with van der Waals surface area (Å²) in [6, 6.07) is 23.2. The highest BCUT2D eigenvalue weighted by Gasteiger charge is 2.63. The summed E-state index contributed by atoms with van der Waals surface area (Å²) in [6.07, 6.45) is -0.0927. The molecule has 8 rings (SSSR count). The van der Waals surface area contributed by atoms with E-state index in [1.54, 1.807) is 0 Å². The van der Waals surface area contributed by atoms with Gasteiger partial charge in [0.1, 0.15) is 11.9 Å². The van der Waals surface area contributed by atoms with Crippen LogP contribution in [-0.4, -0.2) is 45.4 Å². The third-order valence-corrected chi connectivity index (χ3v) is 10.1. The molecule has 4 aliphatic rings. The third kappa shape index (κ3) is 4.59. The van der Waals surface area contributed by atoms with Crippen LogP contribution in [0.15, 0.2) is 91.0 Å². The summed E-state index contributed by atoms with van der Waals surface area (Å²) in [4.78, 5) is 57.8. The molecule has 0 saturated carbocycles. The van der Waals surface area contributed by atoms with Gasteiger partial charge in [-0.3, -0.25) is 19.2 Å². The van der Waals surface area contributed by atoms with Gasteiger partial charge in [0, 0.05) is 28.8 Å². The van der Waals surface area contributed by atoms with Crippen molar-refractivity contribution in [2.75, 3.05) is 5.88 Å². The molecule has 1 fully saturated rings. The second-order valence-electron chi connectivity index (χ2n) is 11.4. The molecule has 4 aromatic rings. The van der Waals surface area contributed by atoms with Gasteiger partial charge in [-0.25, -0.2) is 9.40 Å². The molecule has 3 amide bonds. The molecule has 0 radical (unpaired) electrons. The lowest BCUT2D eigenvalue weighted by molar-refractivity contribution is -0.156. The van der Waals surface area contributed by atoms with Crippen molar-refractivity contribution in [1.82, 2.24) is 10.0 Å². The van der Waals surface area contributed by atoms with E-state index in [4.69, 9.17) is 34.8 Å². The van der Waals surface area contributed by atoms with E-state index in [9.17, 15) is 23.6 Å². The van der Waals surface area contributed by atoms with Crippen LogP contribution in [0.5, 0.6) is 0 Å². The predicted molar refractivity (Wildman–Crippen MR) is 168 cm³/mol. The number of carbonyl (C=O) groups excluding carboxylic acids is 4. The molecule has 3 aliphatic carbocycles. The van der Waals surface area contributed by atoms with Crippen LogP contribution in [0.2, 0.25) is 10.0 Å². The Bertz CT molecular complexity index is 1780. The molecule has 1 heterocycles. The second-order valence-corrected chi connectivity index (χ2v) is 12.6. The summed E-state index contributed by atoms with van der Waals surface area (Å²) in [7, 11) is 0. The van der Waals surface area contributed by atoms with Crippen LogP contribution in [0.25, 0.3) is 0 Å². The molecule has 6 nitrogen and oxygen atoms in total. The number of ketones is 1. The molecular formula is C35H24Cl3FN2O4. The summed E-state index contributed by atoms with van der Waals surface area (Å²) in [5, 5.41) is 2.07. The standard InChI is InChI=1S/C35H24Cl3FN2O4/c36-16-15-27(32(42)18-9-12-20(39)13-10-18)40(33(43)19-11-14-25(37)26(38)17-19)41-34(44)30-28-21-5-1-2-6-22(21)29(31(30)35(41)45)24-8-4-3-7-23(24)28/h1-14,17,27-31H,15-16H2/t27-,28?,29?,30-,31-/m0/s1. The van der Waals surface area contributed by atoms with Gasteiger partial charge in [-0.15, -0.1) is 11.6 Å². The maximum atomic E-state index is 14.6. The average Bonchev–Trinajstić information content (AvgIpc) is 3.31. The van der Waals surface area contributed by atoms with E-state index in [0.29, 0.717) is 0 Å². The van der Waals surface area contributed by atoms with Crippen molar-refractivity contribution in [2.24, 2.45) is 11.8 Å². The Morgan fingerprint density at radius 1 is 0.733 bits per heavy atom. The lowest BCUT2D eigenvalue weighted by atomic mass is 9.55. The summed E-state index contributed by atoms with van der Waals surface area (Å²) in [5.74, 6) is -5.63. The number of amides is 3. The summed E-state index contributed by atoms with van der Waals surface area (Å²) in [6.45, 7) is 0. The van der Waals surface area contributed by atoms with Crippen molar-refractivity contribution in [3.8, 4) is 0 Å². The molecule has 4 aromatic carbocycles. The maximum absolute atomic E-state index is 14.6. The van der Waals surface area contributed by atoms with Gasteiger partial charge in [-0.2, -0.15) is 5.01 Å². The fourth-order valence-corrected chi connectivity index (χ4v) is 7.79. The first-order valence-electron chi connectivity index (χ1n) is 14.4. The maximum Gasteiger partial charge on any atom is 0.273 e. The van der Waals surface area contributed by atoms with Gasteiger partial charge in [-0.1, -0.05) is 71.7 Å². The molecular weight excluding hydrogens is 638 g/mol. The largest absolute Gasteiger partial charge is 0.292 e. The lowest BCUT2D eigenvalue weighted by Crippen LogP contribution is -2.57. The van der Waals surface area contributed by atoms with Gasteiger partial charge < -0.3 is 0 Å². The third-order valence-electron chi connectivity index (χ3n) is 9.12. The minimum atomic E-state index is -1.37. The quantitative estimate of drug-likeness (QED) is 0.119. The zero-order valence-electron chi connectivity index (χ0n) is 23.5. The Labute approximate surface area is 273 Å². The molecule has 45 heavy (non-hydrogen) atoms. The number of alkyl halides is 1. The van der Waals surface area contributed by atoms with E-state index in [1.165, 1.54) is 30.3 Å². The number of nitrogens with zero attached hydrogens (tertiary/aromatic N) is 2. The number of Topliss-reactive ketones (excluding diaryl/α,β-unsaturated/α-hetero) is 1. The van der Waals surface area contributed by atoms with E-state index >= 15 is 0 Å². The number of hydrogen-bond donors (Lipinski definition) is 0. The van der Waals surface area contributed by atoms with E-state index < -0.39 is 59.0 Å². The first-order valence-corrected chi connectivity index (χ1v) is 15.7. The summed E-state index contributed by atoms with van der Waals surface area (Å²) < 4.78 is 13.8. The Morgan fingerprint density at radius 3 is 1.69 bits per heavy atom. The molecule has 226 valence electrons. The van der Waals surface area contributed by atoms with Crippen LogP contribution in [0.1, 0.15) is 61.2 Å². The van der Waals surface area contributed by atoms with Crippen molar-refractivity contribution < 1.29 is 23.6 Å². The Balaban J connectivity index is 1.39. The number of carbonyl (C=O) groups is 4. The van der Waals surface area contributed by atoms with Gasteiger partial charge in [-0.05, 0) is 71.1 Å². The van der Waals surface area contributed by atoms with Crippen LogP contribution in [0.4, 0.5) is 4.39 Å². The zero-order valence-corrected chi connectivity index (χ0v) is 25.8. The molecule has 3 atom stereocenters. The Morgan fingerprint density at radius 2 is 1.22 bits per heavy atom. The first kappa shape index (κ1) is 29.7. The van der Waals surface area contributed by atoms with Crippen molar-refractivity contribution in [1.29, 1.82) is 0 Å². The number of hydrogen-bond acceptors (Lipinski definition) is 4. The fraction of sp³-hybridized carbons (Fsp3) is 0.200. The van der Waals surface area contributed by atoms with Crippen LogP contribution in [0.3, 0.4) is 0 Å². The van der Waals surface area contributed by atoms with Crippen molar-refractivity contribution in [3.63, 3.8) is 0 Å². The number of halogens is 4. The van der Waals surface area contributed by atoms with Gasteiger partial charge in [0.2, 0.25) is 0 Å². The zero-order chi connectivity index (χ0) is 31.6. The minimum Gasteiger partial charge on any atom is -0.292 e. The molecule has 0 unspecified atom stereocenters. The van der Waals surface area contributed by atoms with Crippen LogP contribution in [-0.2, 0) is 9.59 Å². The number of rotatable bonds is 7. The molecule has 2 bridgehead atoms. The number of imide groups is 1. The fourth-order valence-electron chi connectivity index (χ4n) is 7.28. The predicted octanol–water partition coefficient (Wildman–Crippen LogP) is 7.26. The van der Waals surface area contributed by atoms with Crippen LogP contribution in [0, 0.1) is 17.7 Å². The smallest absolute Gasteiger partial charge is 0.273 e. The monoisotopic (exact) mass is 660 g/mol. The van der Waals surface area contributed by atoms with Crippen molar-refractivity contribution in [2.45, 2.75) is 24.3 Å². The van der Waals surface area contributed by atoms with Gasteiger partial charge >= 0.3 is 0 Å². The summed E-state index contributed by atoms with van der Waals surface area (Å²) >= 11 is 18.6. The van der Waals surface area contributed by atoms with Crippen LogP contribution >= 0.6 is 34.8 Å². The Kier molecular flexibility index (Phi) is 7.51. The minimum absolute atomic E-state index is 0.0147. The highest BCUT2D eigenvalue weighted by molar-refractivity contribution is 6.42. The van der Waals surface area contributed by atoms with E-state index in [-0.39, 0.29) is 33.5 Å². The normalized spacial score (nSPS) is 21.6. The average molecular weight is 662 g/mol. The topological polar surface area (TPSA) is 74.8 Å². The highest BCUT2D eigenvalue weighted by atomic mass is 35.5. The van der Waals surface area contributed by atoms with Crippen molar-refractivity contribution >= 4 is 58.3 Å². The molecule has 0 spiro atoms. The molecule has 1 aliphatic heterocycles. The first-order chi connectivity index (χ1) is 21.7. The number of hydrazine groups is 1. The Hall–Kier alpha value is -4.04. The number of benzene rings is 4. The molecule has 10 heteroatoms. The van der Waals surface area contributed by atoms with Gasteiger partial charge in [0.25, 0.3) is 17.7 Å². The van der Waals surface area contributed by atoms with Gasteiger partial charge in [0.15, 0.2) is 5.78 Å². The molecule has 0 aromatic heterocycles.